The Morgan fingerprint density at radius 2 is 1.70 bits per heavy atom. The molecular weight excluding hydrogens is 292 g/mol. The molecule has 0 saturated heterocycles. The molecule has 0 atom stereocenters. The molecule has 0 aliphatic carbocycles. The van der Waals surface area contributed by atoms with Crippen molar-refractivity contribution in [2.24, 2.45) is 0 Å². The van der Waals surface area contributed by atoms with Crippen molar-refractivity contribution in [1.82, 2.24) is 5.32 Å². The number of benzene rings is 2. The molecule has 122 valence electrons. The van der Waals surface area contributed by atoms with Crippen LogP contribution in [0, 0.1) is 0 Å². The smallest absolute Gasteiger partial charge is 0.337 e. The van der Waals surface area contributed by atoms with Gasteiger partial charge < -0.3 is 15.4 Å². The second kappa shape index (κ2) is 10.00. The third kappa shape index (κ3) is 6.22. The molecule has 0 unspecified atom stereocenters. The van der Waals surface area contributed by atoms with E-state index in [0.717, 1.165) is 11.3 Å². The normalized spacial score (nSPS) is 9.17. The molecule has 0 saturated carbocycles. The molecule has 2 aromatic rings. The van der Waals surface area contributed by atoms with Crippen LogP contribution >= 0.6 is 0 Å². The number of hydrogen-bond donors (Lipinski definition) is 2. The number of carbonyl (C=O) groups excluding carboxylic acids is 2. The van der Waals surface area contributed by atoms with E-state index in [1.54, 1.807) is 30.3 Å². The number of ether oxygens (including phenoxy) is 1. The van der Waals surface area contributed by atoms with Crippen LogP contribution in [0.3, 0.4) is 0 Å². The Morgan fingerprint density at radius 3 is 2.35 bits per heavy atom. The van der Waals surface area contributed by atoms with Gasteiger partial charge in [-0.3, -0.25) is 0 Å². The maximum atomic E-state index is 11.7. The Kier molecular flexibility index (Phi) is 7.92. The third-order valence-electron chi connectivity index (χ3n) is 2.83. The first-order chi connectivity index (χ1) is 11.2. The highest BCUT2D eigenvalue weighted by Gasteiger charge is 2.06. The summed E-state index contributed by atoms with van der Waals surface area (Å²) in [6, 6.07) is 15.8. The van der Waals surface area contributed by atoms with Crippen molar-refractivity contribution in [1.29, 1.82) is 0 Å². The second-order valence-electron chi connectivity index (χ2n) is 4.37. The van der Waals surface area contributed by atoms with Crippen molar-refractivity contribution in [3.8, 4) is 0 Å². The summed E-state index contributed by atoms with van der Waals surface area (Å²) in [4.78, 5) is 23.2. The third-order valence-corrected chi connectivity index (χ3v) is 2.83. The fourth-order valence-corrected chi connectivity index (χ4v) is 1.81. The van der Waals surface area contributed by atoms with Gasteiger partial charge in [-0.25, -0.2) is 9.59 Å². The summed E-state index contributed by atoms with van der Waals surface area (Å²) < 4.78 is 4.66. The molecule has 0 spiro atoms. The predicted octanol–water partition coefficient (Wildman–Crippen LogP) is 3.82. The van der Waals surface area contributed by atoms with Crippen LogP contribution in [0.2, 0.25) is 0 Å². The van der Waals surface area contributed by atoms with Crippen LogP contribution in [0.1, 0.15) is 29.8 Å². The molecule has 0 bridgehead atoms. The summed E-state index contributed by atoms with van der Waals surface area (Å²) in [6.07, 6.45) is 0. The number of para-hydroxylation sites is 1. The van der Waals surface area contributed by atoms with E-state index < -0.39 is 5.97 Å². The summed E-state index contributed by atoms with van der Waals surface area (Å²) in [5, 5.41) is 5.45. The van der Waals surface area contributed by atoms with E-state index in [9.17, 15) is 9.59 Å². The minimum atomic E-state index is -0.398. The number of methoxy groups -OCH3 is 1. The number of esters is 1. The zero-order valence-electron chi connectivity index (χ0n) is 13.6. The van der Waals surface area contributed by atoms with Gasteiger partial charge in [-0.15, -0.1) is 0 Å². The number of hydrogen-bond acceptors (Lipinski definition) is 3. The predicted molar refractivity (Wildman–Crippen MR) is 91.4 cm³/mol. The number of urea groups is 1. The number of anilines is 1. The average Bonchev–Trinajstić information content (AvgIpc) is 2.62. The molecule has 5 nitrogen and oxygen atoms in total. The fraction of sp³-hybridized carbons (Fsp3) is 0.222. The summed E-state index contributed by atoms with van der Waals surface area (Å²) in [5.41, 5.74) is 2.00. The zero-order chi connectivity index (χ0) is 17.1. The molecule has 2 amide bonds. The van der Waals surface area contributed by atoms with Crippen LogP contribution < -0.4 is 10.6 Å². The van der Waals surface area contributed by atoms with Gasteiger partial charge in [0.2, 0.25) is 0 Å². The topological polar surface area (TPSA) is 67.4 Å². The molecule has 23 heavy (non-hydrogen) atoms. The van der Waals surface area contributed by atoms with E-state index in [1.165, 1.54) is 7.11 Å². The molecule has 0 aliphatic rings. The Labute approximate surface area is 136 Å². The highest BCUT2D eigenvalue weighted by Crippen LogP contribution is 2.07. The standard InChI is InChI=1S/C16H16N2O3.C2H6/c1-21-15(19)13-7-5-6-12(10-13)11-17-16(20)18-14-8-3-2-4-9-14;1-2/h2-10H,11H2,1H3,(H2,17,18,20);1-2H3. The highest BCUT2D eigenvalue weighted by molar-refractivity contribution is 5.90. The molecule has 0 heterocycles. The first-order valence-corrected chi connectivity index (χ1v) is 7.46. The second-order valence-corrected chi connectivity index (χ2v) is 4.37. The number of rotatable bonds is 4. The fourth-order valence-electron chi connectivity index (χ4n) is 1.81. The van der Waals surface area contributed by atoms with E-state index in [0.29, 0.717) is 12.1 Å². The largest absolute Gasteiger partial charge is 0.465 e. The first-order valence-electron chi connectivity index (χ1n) is 7.46. The minimum Gasteiger partial charge on any atom is -0.465 e. The van der Waals surface area contributed by atoms with Crippen LogP contribution in [0.4, 0.5) is 10.5 Å². The molecule has 5 heteroatoms. The minimum absolute atomic E-state index is 0.301. The van der Waals surface area contributed by atoms with Crippen LogP contribution in [-0.2, 0) is 11.3 Å². The van der Waals surface area contributed by atoms with Crippen molar-refractivity contribution in [3.05, 3.63) is 65.7 Å². The van der Waals surface area contributed by atoms with E-state index in [-0.39, 0.29) is 6.03 Å². The van der Waals surface area contributed by atoms with Crippen molar-refractivity contribution in [3.63, 3.8) is 0 Å². The van der Waals surface area contributed by atoms with Gasteiger partial charge in [0.25, 0.3) is 0 Å². The van der Waals surface area contributed by atoms with E-state index in [1.807, 2.05) is 38.1 Å². The van der Waals surface area contributed by atoms with Gasteiger partial charge in [0.1, 0.15) is 0 Å². The lowest BCUT2D eigenvalue weighted by Crippen LogP contribution is -2.28. The van der Waals surface area contributed by atoms with Crippen molar-refractivity contribution < 1.29 is 14.3 Å². The monoisotopic (exact) mass is 314 g/mol. The molecular formula is C18H22N2O3. The molecule has 0 aliphatic heterocycles. The van der Waals surface area contributed by atoms with E-state index >= 15 is 0 Å². The number of nitrogens with one attached hydrogen (secondary N) is 2. The zero-order valence-corrected chi connectivity index (χ0v) is 13.6. The lowest BCUT2D eigenvalue weighted by molar-refractivity contribution is 0.0600. The maximum Gasteiger partial charge on any atom is 0.337 e. The van der Waals surface area contributed by atoms with E-state index in [4.69, 9.17) is 0 Å². The van der Waals surface area contributed by atoms with Gasteiger partial charge >= 0.3 is 12.0 Å². The Bertz CT molecular complexity index is 627. The number of amides is 2. The SMILES string of the molecule is CC.COC(=O)c1cccc(CNC(=O)Nc2ccccc2)c1. The van der Waals surface area contributed by atoms with Crippen LogP contribution in [0.25, 0.3) is 0 Å². The van der Waals surface area contributed by atoms with Crippen LogP contribution in [0.5, 0.6) is 0 Å². The van der Waals surface area contributed by atoms with E-state index in [2.05, 4.69) is 15.4 Å². The summed E-state index contributed by atoms with van der Waals surface area (Å²) in [6.45, 7) is 4.32. The molecule has 2 rings (SSSR count). The lowest BCUT2D eigenvalue weighted by atomic mass is 10.1. The van der Waals surface area contributed by atoms with Crippen molar-refractivity contribution in [2.45, 2.75) is 20.4 Å². The molecule has 0 aromatic heterocycles. The maximum absolute atomic E-state index is 11.7. The summed E-state index contributed by atoms with van der Waals surface area (Å²) in [7, 11) is 1.33. The number of carbonyl (C=O) groups is 2. The van der Waals surface area contributed by atoms with Crippen molar-refractivity contribution >= 4 is 17.7 Å². The van der Waals surface area contributed by atoms with Gasteiger partial charge in [0, 0.05) is 12.2 Å². The Balaban J connectivity index is 0.00000127. The first kappa shape index (κ1) is 18.2. The molecule has 2 N–H and O–H groups in total. The van der Waals surface area contributed by atoms with Gasteiger partial charge in [0.05, 0.1) is 12.7 Å². The molecule has 0 fully saturated rings. The highest BCUT2D eigenvalue weighted by atomic mass is 16.5. The van der Waals surface area contributed by atoms with Gasteiger partial charge in [-0.05, 0) is 29.8 Å². The Hall–Kier alpha value is -2.82. The summed E-state index contributed by atoms with van der Waals surface area (Å²) in [5.74, 6) is -0.398. The van der Waals surface area contributed by atoms with Crippen molar-refractivity contribution in [2.75, 3.05) is 12.4 Å². The quantitative estimate of drug-likeness (QED) is 0.843. The lowest BCUT2D eigenvalue weighted by Gasteiger charge is -2.08. The van der Waals surface area contributed by atoms with Crippen LogP contribution in [-0.4, -0.2) is 19.1 Å². The van der Waals surface area contributed by atoms with Gasteiger partial charge in [0.15, 0.2) is 0 Å². The molecule has 2 aromatic carbocycles. The summed E-state index contributed by atoms with van der Waals surface area (Å²) >= 11 is 0. The van der Waals surface area contributed by atoms with Gasteiger partial charge in [-0.2, -0.15) is 0 Å². The van der Waals surface area contributed by atoms with Gasteiger partial charge in [-0.1, -0.05) is 44.2 Å². The molecule has 0 radical (unpaired) electrons. The van der Waals surface area contributed by atoms with Crippen LogP contribution in [0.15, 0.2) is 54.6 Å². The average molecular weight is 314 g/mol. The Morgan fingerprint density at radius 1 is 1.00 bits per heavy atom.